The van der Waals surface area contributed by atoms with Crippen molar-refractivity contribution in [2.24, 2.45) is 0 Å². The molecule has 0 aliphatic carbocycles. The normalized spacial score (nSPS) is 17.4. The molecular weight excluding hydrogens is 276 g/mol. The molecule has 0 saturated heterocycles. The molecular formula is C15H13ClN2O2. The van der Waals surface area contributed by atoms with E-state index in [2.05, 4.69) is 10.3 Å². The highest BCUT2D eigenvalue weighted by atomic mass is 35.5. The summed E-state index contributed by atoms with van der Waals surface area (Å²) < 4.78 is 5.60. The van der Waals surface area contributed by atoms with Gasteiger partial charge in [0.2, 0.25) is 0 Å². The number of halogens is 1. The number of carbonyl (C=O) groups excluding carboxylic acids is 1. The van der Waals surface area contributed by atoms with Crippen LogP contribution in [0.4, 0.5) is 5.82 Å². The number of carbonyl (C=O) groups is 1. The third kappa shape index (κ3) is 2.53. The van der Waals surface area contributed by atoms with Crippen molar-refractivity contribution in [2.45, 2.75) is 12.5 Å². The number of pyridine rings is 1. The number of rotatable bonds is 2. The van der Waals surface area contributed by atoms with E-state index >= 15 is 0 Å². The van der Waals surface area contributed by atoms with E-state index in [1.165, 1.54) is 0 Å². The van der Waals surface area contributed by atoms with Crippen LogP contribution in [0.1, 0.15) is 17.2 Å². The molecule has 1 N–H and O–H groups in total. The first-order chi connectivity index (χ1) is 9.75. The molecule has 1 amide bonds. The number of ether oxygens (including phenoxy) is 1. The maximum atomic E-state index is 12.3. The number of anilines is 1. The minimum absolute atomic E-state index is 0.252. The predicted octanol–water partition coefficient (Wildman–Crippen LogP) is 2.99. The molecule has 4 nitrogen and oxygen atoms in total. The molecule has 1 aromatic carbocycles. The molecule has 1 aromatic heterocycles. The van der Waals surface area contributed by atoms with Gasteiger partial charge in [0.1, 0.15) is 0 Å². The Morgan fingerprint density at radius 1 is 1.30 bits per heavy atom. The summed E-state index contributed by atoms with van der Waals surface area (Å²) in [5, 5.41) is 3.12. The summed E-state index contributed by atoms with van der Waals surface area (Å²) in [6.07, 6.45) is 1.79. The van der Waals surface area contributed by atoms with Crippen LogP contribution < -0.4 is 5.32 Å². The van der Waals surface area contributed by atoms with Crippen LogP contribution in [0.3, 0.4) is 0 Å². The molecule has 2 aromatic rings. The first-order valence-corrected chi connectivity index (χ1v) is 6.74. The lowest BCUT2D eigenvalue weighted by atomic mass is 9.97. The van der Waals surface area contributed by atoms with Crippen molar-refractivity contribution >= 4 is 23.3 Å². The Balaban J connectivity index is 1.84. The molecule has 1 unspecified atom stereocenters. The Morgan fingerprint density at radius 2 is 2.15 bits per heavy atom. The van der Waals surface area contributed by atoms with Gasteiger partial charge in [-0.25, -0.2) is 4.98 Å². The quantitative estimate of drug-likeness (QED) is 0.924. The van der Waals surface area contributed by atoms with Crippen molar-refractivity contribution in [3.63, 3.8) is 0 Å². The average Bonchev–Trinajstić information content (AvgIpc) is 2.49. The zero-order valence-electron chi connectivity index (χ0n) is 10.7. The molecule has 0 bridgehead atoms. The maximum absolute atomic E-state index is 12.3. The van der Waals surface area contributed by atoms with Gasteiger partial charge in [-0.1, -0.05) is 35.9 Å². The van der Waals surface area contributed by atoms with Crippen LogP contribution in [0, 0.1) is 0 Å². The lowest BCUT2D eigenvalue weighted by Crippen LogP contribution is -2.28. The standard InChI is InChI=1S/C15H13ClN2O2/c16-12-6-3-8-17-14(12)18-15(19)13-11-5-2-1-4-10(11)7-9-20-13/h1-6,8,13H,7,9H2,(H,17,18,19). The average molecular weight is 289 g/mol. The second-order valence-corrected chi connectivity index (χ2v) is 4.93. The minimum Gasteiger partial charge on any atom is -0.363 e. The van der Waals surface area contributed by atoms with Gasteiger partial charge in [0.25, 0.3) is 5.91 Å². The third-order valence-corrected chi connectivity index (χ3v) is 3.54. The Bertz CT molecular complexity index is 645. The van der Waals surface area contributed by atoms with Crippen molar-refractivity contribution in [1.29, 1.82) is 0 Å². The van der Waals surface area contributed by atoms with E-state index < -0.39 is 6.10 Å². The van der Waals surface area contributed by atoms with Crippen LogP contribution in [0.15, 0.2) is 42.6 Å². The number of fused-ring (bicyclic) bond motifs is 1. The highest BCUT2D eigenvalue weighted by molar-refractivity contribution is 6.33. The monoisotopic (exact) mass is 288 g/mol. The van der Waals surface area contributed by atoms with Crippen molar-refractivity contribution in [1.82, 2.24) is 4.98 Å². The summed E-state index contributed by atoms with van der Waals surface area (Å²) >= 11 is 5.99. The molecule has 0 fully saturated rings. The zero-order chi connectivity index (χ0) is 13.9. The Kier molecular flexibility index (Phi) is 3.67. The number of benzene rings is 1. The highest BCUT2D eigenvalue weighted by Gasteiger charge is 2.27. The number of hydrogen-bond donors (Lipinski definition) is 1. The summed E-state index contributed by atoms with van der Waals surface area (Å²) in [4.78, 5) is 16.4. The second-order valence-electron chi connectivity index (χ2n) is 4.52. The van der Waals surface area contributed by atoms with Crippen LogP contribution >= 0.6 is 11.6 Å². The van der Waals surface area contributed by atoms with Crippen molar-refractivity contribution in [3.05, 3.63) is 58.7 Å². The predicted molar refractivity (Wildman–Crippen MR) is 76.7 cm³/mol. The first kappa shape index (κ1) is 13.1. The number of aromatic nitrogens is 1. The summed E-state index contributed by atoms with van der Waals surface area (Å²) in [6, 6.07) is 11.2. The molecule has 3 rings (SSSR count). The number of nitrogens with one attached hydrogen (secondary N) is 1. The number of hydrogen-bond acceptors (Lipinski definition) is 3. The fraction of sp³-hybridized carbons (Fsp3) is 0.200. The van der Waals surface area contributed by atoms with Crippen molar-refractivity contribution in [2.75, 3.05) is 11.9 Å². The molecule has 5 heteroatoms. The summed E-state index contributed by atoms with van der Waals surface area (Å²) in [5.74, 6) is 0.101. The van der Waals surface area contributed by atoms with Crippen LogP contribution in [0.5, 0.6) is 0 Å². The van der Waals surface area contributed by atoms with Gasteiger partial charge in [-0.15, -0.1) is 0 Å². The number of nitrogens with zero attached hydrogens (tertiary/aromatic N) is 1. The molecule has 0 saturated carbocycles. The van der Waals surface area contributed by atoms with E-state index in [-0.39, 0.29) is 5.91 Å². The molecule has 20 heavy (non-hydrogen) atoms. The van der Waals surface area contributed by atoms with Crippen LogP contribution in [-0.4, -0.2) is 17.5 Å². The lowest BCUT2D eigenvalue weighted by molar-refractivity contribution is -0.128. The topological polar surface area (TPSA) is 51.2 Å². The van der Waals surface area contributed by atoms with Gasteiger partial charge in [-0.2, -0.15) is 0 Å². The molecule has 1 aliphatic heterocycles. The molecule has 0 spiro atoms. The summed E-state index contributed by atoms with van der Waals surface area (Å²) in [5.41, 5.74) is 2.05. The van der Waals surface area contributed by atoms with Crippen LogP contribution in [0.2, 0.25) is 5.02 Å². The van der Waals surface area contributed by atoms with E-state index in [4.69, 9.17) is 16.3 Å². The van der Waals surface area contributed by atoms with Gasteiger partial charge in [-0.05, 0) is 29.7 Å². The smallest absolute Gasteiger partial charge is 0.259 e. The van der Waals surface area contributed by atoms with Crippen molar-refractivity contribution in [3.8, 4) is 0 Å². The van der Waals surface area contributed by atoms with Gasteiger partial charge in [-0.3, -0.25) is 4.79 Å². The second kappa shape index (κ2) is 5.61. The van der Waals surface area contributed by atoms with Gasteiger partial charge >= 0.3 is 0 Å². The first-order valence-electron chi connectivity index (χ1n) is 6.36. The van der Waals surface area contributed by atoms with Crippen LogP contribution in [-0.2, 0) is 16.0 Å². The van der Waals surface area contributed by atoms with E-state index in [0.29, 0.717) is 17.4 Å². The summed E-state index contributed by atoms with van der Waals surface area (Å²) in [7, 11) is 0. The Morgan fingerprint density at radius 3 is 3.00 bits per heavy atom. The lowest BCUT2D eigenvalue weighted by Gasteiger charge is -2.25. The summed E-state index contributed by atoms with van der Waals surface area (Å²) in [6.45, 7) is 0.533. The van der Waals surface area contributed by atoms with Gasteiger partial charge in [0.15, 0.2) is 11.9 Å². The van der Waals surface area contributed by atoms with E-state index in [1.807, 2.05) is 24.3 Å². The molecule has 0 radical (unpaired) electrons. The largest absolute Gasteiger partial charge is 0.363 e. The third-order valence-electron chi connectivity index (χ3n) is 3.23. The molecule has 1 aliphatic rings. The van der Waals surface area contributed by atoms with Crippen LogP contribution in [0.25, 0.3) is 0 Å². The van der Waals surface area contributed by atoms with Crippen molar-refractivity contribution < 1.29 is 9.53 Å². The highest BCUT2D eigenvalue weighted by Crippen LogP contribution is 2.28. The van der Waals surface area contributed by atoms with E-state index in [9.17, 15) is 4.79 Å². The Labute approximate surface area is 121 Å². The number of amides is 1. The fourth-order valence-electron chi connectivity index (χ4n) is 2.27. The zero-order valence-corrected chi connectivity index (χ0v) is 11.4. The van der Waals surface area contributed by atoms with Gasteiger partial charge in [0.05, 0.1) is 11.6 Å². The van der Waals surface area contributed by atoms with E-state index in [1.54, 1.807) is 18.3 Å². The molecule has 1 atom stereocenters. The maximum Gasteiger partial charge on any atom is 0.259 e. The minimum atomic E-state index is -0.613. The van der Waals surface area contributed by atoms with Gasteiger partial charge in [0, 0.05) is 6.20 Å². The molecule has 2 heterocycles. The Hall–Kier alpha value is -1.91. The molecule has 102 valence electrons. The van der Waals surface area contributed by atoms with Gasteiger partial charge < -0.3 is 10.1 Å². The SMILES string of the molecule is O=C(Nc1ncccc1Cl)C1OCCc2ccccc21. The fourth-order valence-corrected chi connectivity index (χ4v) is 2.44. The van der Waals surface area contributed by atoms with E-state index in [0.717, 1.165) is 17.5 Å².